The molecule has 0 heterocycles. The van der Waals surface area contributed by atoms with Gasteiger partial charge >= 0.3 is 5.97 Å². The van der Waals surface area contributed by atoms with Crippen LogP contribution in [0.1, 0.15) is 24.5 Å². The molecule has 132 valence electrons. The van der Waals surface area contributed by atoms with Crippen molar-refractivity contribution >= 4 is 23.1 Å². The van der Waals surface area contributed by atoms with Crippen LogP contribution in [0.5, 0.6) is 11.5 Å². The third-order valence-electron chi connectivity index (χ3n) is 3.63. The maximum atomic E-state index is 11.8. The van der Waals surface area contributed by atoms with Gasteiger partial charge in [0.25, 0.3) is 0 Å². The lowest BCUT2D eigenvalue weighted by atomic mass is 9.96. The Morgan fingerprint density at radius 2 is 1.32 bits per heavy atom. The van der Waals surface area contributed by atoms with E-state index in [2.05, 4.69) is 0 Å². The van der Waals surface area contributed by atoms with Crippen molar-refractivity contribution in [3.63, 3.8) is 0 Å². The maximum absolute atomic E-state index is 11.8. The van der Waals surface area contributed by atoms with Crippen molar-refractivity contribution in [2.24, 2.45) is 0 Å². The van der Waals surface area contributed by atoms with Gasteiger partial charge in [0, 0.05) is 10.6 Å². The van der Waals surface area contributed by atoms with Crippen molar-refractivity contribution in [1.29, 1.82) is 0 Å². The quantitative estimate of drug-likeness (QED) is 0.674. The molecule has 0 spiro atoms. The molecule has 0 saturated carbocycles. The van der Waals surface area contributed by atoms with Crippen molar-refractivity contribution < 1.29 is 19.0 Å². The van der Waals surface area contributed by atoms with Crippen molar-refractivity contribution in [3.8, 4) is 11.5 Å². The van der Waals surface area contributed by atoms with Gasteiger partial charge in [0.05, 0.1) is 27.2 Å². The van der Waals surface area contributed by atoms with Crippen LogP contribution in [-0.2, 0) is 9.53 Å². The number of benzene rings is 2. The summed E-state index contributed by atoms with van der Waals surface area (Å²) >= 11 is 6.51. The summed E-state index contributed by atoms with van der Waals surface area (Å²) in [4.78, 5) is 11.8. The second kappa shape index (κ2) is 9.14. The van der Waals surface area contributed by atoms with Gasteiger partial charge in [-0.1, -0.05) is 35.9 Å². The Morgan fingerprint density at radius 1 is 0.880 bits per heavy atom. The molecular formula is C20H21ClO4. The van der Waals surface area contributed by atoms with E-state index in [4.69, 9.17) is 25.8 Å². The highest BCUT2D eigenvalue weighted by atomic mass is 35.5. The molecule has 2 aromatic carbocycles. The van der Waals surface area contributed by atoms with Gasteiger partial charge in [-0.2, -0.15) is 0 Å². The first kappa shape index (κ1) is 18.9. The fourth-order valence-corrected chi connectivity index (χ4v) is 2.75. The van der Waals surface area contributed by atoms with Gasteiger partial charge in [0.2, 0.25) is 0 Å². The smallest absolute Gasteiger partial charge is 0.311 e. The molecule has 25 heavy (non-hydrogen) atoms. The minimum absolute atomic E-state index is 0.0167. The molecule has 2 rings (SSSR count). The molecule has 0 aliphatic rings. The number of halogens is 1. The van der Waals surface area contributed by atoms with Crippen LogP contribution in [-0.4, -0.2) is 26.8 Å². The van der Waals surface area contributed by atoms with Crippen LogP contribution < -0.4 is 9.47 Å². The second-order valence-electron chi connectivity index (χ2n) is 5.22. The van der Waals surface area contributed by atoms with Gasteiger partial charge < -0.3 is 14.2 Å². The van der Waals surface area contributed by atoms with Crippen molar-refractivity contribution in [1.82, 2.24) is 0 Å². The number of methoxy groups -OCH3 is 2. The molecule has 0 aromatic heterocycles. The molecule has 0 radical (unpaired) electrons. The molecule has 5 heteroatoms. The van der Waals surface area contributed by atoms with Gasteiger partial charge in [-0.25, -0.2) is 0 Å². The number of hydrogen-bond acceptors (Lipinski definition) is 4. The summed E-state index contributed by atoms with van der Waals surface area (Å²) in [5, 5.41) is 0.425. The molecule has 0 aliphatic carbocycles. The number of esters is 1. The maximum Gasteiger partial charge on any atom is 0.311 e. The fraction of sp³-hybridized carbons (Fsp3) is 0.250. The SMILES string of the molecule is CCOC(=O)CC(Cl)=C(c1ccc(OC)cc1)c1ccc(OC)cc1. The van der Waals surface area contributed by atoms with Gasteiger partial charge in [-0.3, -0.25) is 4.79 Å². The molecule has 0 unspecified atom stereocenters. The summed E-state index contributed by atoms with van der Waals surface area (Å²) in [7, 11) is 3.23. The molecule has 0 atom stereocenters. The molecule has 0 aliphatic heterocycles. The first-order valence-corrected chi connectivity index (χ1v) is 8.30. The average molecular weight is 361 g/mol. The van der Waals surface area contributed by atoms with Gasteiger partial charge in [0.1, 0.15) is 11.5 Å². The van der Waals surface area contributed by atoms with Gasteiger partial charge in [0.15, 0.2) is 0 Å². The summed E-state index contributed by atoms with van der Waals surface area (Å²) in [6.07, 6.45) is 0.0167. The molecule has 2 aromatic rings. The van der Waals surface area contributed by atoms with E-state index >= 15 is 0 Å². The van der Waals surface area contributed by atoms with Crippen LogP contribution in [0.3, 0.4) is 0 Å². The zero-order valence-electron chi connectivity index (χ0n) is 14.5. The molecule has 4 nitrogen and oxygen atoms in total. The van der Waals surface area contributed by atoms with Crippen molar-refractivity contribution in [3.05, 3.63) is 64.7 Å². The van der Waals surface area contributed by atoms with E-state index in [9.17, 15) is 4.79 Å². The highest BCUT2D eigenvalue weighted by Crippen LogP contribution is 2.32. The lowest BCUT2D eigenvalue weighted by molar-refractivity contribution is -0.142. The second-order valence-corrected chi connectivity index (χ2v) is 5.67. The highest BCUT2D eigenvalue weighted by Gasteiger charge is 2.15. The Labute approximate surface area is 153 Å². The van der Waals surface area contributed by atoms with E-state index in [0.717, 1.165) is 28.2 Å². The predicted molar refractivity (Wildman–Crippen MR) is 99.1 cm³/mol. The van der Waals surface area contributed by atoms with Crippen LogP contribution in [0.4, 0.5) is 0 Å². The molecule has 0 saturated heterocycles. The Kier molecular flexibility index (Phi) is 6.90. The van der Waals surface area contributed by atoms with Crippen LogP contribution in [0.2, 0.25) is 0 Å². The number of ether oxygens (including phenoxy) is 3. The summed E-state index contributed by atoms with van der Waals surface area (Å²) in [5.41, 5.74) is 2.56. The molecule has 0 fully saturated rings. The van der Waals surface area contributed by atoms with Crippen LogP contribution in [0, 0.1) is 0 Å². The van der Waals surface area contributed by atoms with E-state index < -0.39 is 0 Å². The van der Waals surface area contributed by atoms with Crippen LogP contribution in [0.15, 0.2) is 53.6 Å². The number of rotatable bonds is 7. The lowest BCUT2D eigenvalue weighted by Gasteiger charge is -2.13. The number of carbonyl (C=O) groups is 1. The normalized spacial score (nSPS) is 10.1. The van der Waals surface area contributed by atoms with E-state index in [0.29, 0.717) is 11.6 Å². The Balaban J connectivity index is 2.46. The van der Waals surface area contributed by atoms with E-state index in [1.807, 2.05) is 48.5 Å². The average Bonchev–Trinajstić information content (AvgIpc) is 2.63. The first-order chi connectivity index (χ1) is 12.1. The van der Waals surface area contributed by atoms with Crippen LogP contribution >= 0.6 is 11.6 Å². The minimum Gasteiger partial charge on any atom is -0.497 e. The Morgan fingerprint density at radius 3 is 1.68 bits per heavy atom. The monoisotopic (exact) mass is 360 g/mol. The molecule has 0 amide bonds. The van der Waals surface area contributed by atoms with Crippen molar-refractivity contribution in [2.45, 2.75) is 13.3 Å². The third kappa shape index (κ3) is 5.00. The lowest BCUT2D eigenvalue weighted by Crippen LogP contribution is -2.05. The summed E-state index contributed by atoms with van der Waals surface area (Å²) in [6.45, 7) is 2.09. The Hall–Kier alpha value is -2.46. The standard InChI is InChI=1S/C20H21ClO4/c1-4-25-19(22)13-18(21)20(14-5-9-16(23-2)10-6-14)15-7-11-17(24-3)12-8-15/h5-12H,4,13H2,1-3H3. The summed E-state index contributed by atoms with van der Waals surface area (Å²) in [5.74, 6) is 1.14. The predicted octanol–water partition coefficient (Wildman–Crippen LogP) is 4.66. The van der Waals surface area contributed by atoms with Gasteiger partial charge in [-0.05, 0) is 42.3 Å². The largest absolute Gasteiger partial charge is 0.497 e. The first-order valence-electron chi connectivity index (χ1n) is 7.92. The van der Waals surface area contributed by atoms with Crippen LogP contribution in [0.25, 0.3) is 5.57 Å². The summed E-state index contributed by atoms with van der Waals surface area (Å²) < 4.78 is 15.4. The zero-order valence-corrected chi connectivity index (χ0v) is 15.3. The summed E-state index contributed by atoms with van der Waals surface area (Å²) in [6, 6.07) is 15.1. The topological polar surface area (TPSA) is 44.8 Å². The molecule has 0 N–H and O–H groups in total. The number of carbonyl (C=O) groups excluding carboxylic acids is 1. The minimum atomic E-state index is -0.355. The highest BCUT2D eigenvalue weighted by molar-refractivity contribution is 6.34. The fourth-order valence-electron chi connectivity index (χ4n) is 2.42. The van der Waals surface area contributed by atoms with E-state index in [1.165, 1.54) is 0 Å². The van der Waals surface area contributed by atoms with Gasteiger partial charge in [-0.15, -0.1) is 0 Å². The Bertz CT molecular complexity index is 684. The molecular weight excluding hydrogens is 340 g/mol. The van der Waals surface area contributed by atoms with Crippen molar-refractivity contribution in [2.75, 3.05) is 20.8 Å². The zero-order chi connectivity index (χ0) is 18.2. The van der Waals surface area contributed by atoms with E-state index in [1.54, 1.807) is 21.1 Å². The molecule has 0 bridgehead atoms. The number of hydrogen-bond donors (Lipinski definition) is 0. The van der Waals surface area contributed by atoms with E-state index in [-0.39, 0.29) is 12.4 Å². The third-order valence-corrected chi connectivity index (χ3v) is 3.96.